The van der Waals surface area contributed by atoms with E-state index in [0.717, 1.165) is 28.0 Å². The van der Waals surface area contributed by atoms with E-state index in [0.29, 0.717) is 40.0 Å². The third-order valence-electron chi connectivity index (χ3n) is 9.05. The Hall–Kier alpha value is -5.45. The van der Waals surface area contributed by atoms with E-state index in [1.54, 1.807) is 6.20 Å². The zero-order valence-electron chi connectivity index (χ0n) is 28.7. The van der Waals surface area contributed by atoms with Crippen LogP contribution >= 0.6 is 0 Å². The van der Waals surface area contributed by atoms with Crippen LogP contribution in [-0.2, 0) is 11.0 Å². The van der Waals surface area contributed by atoms with Gasteiger partial charge >= 0.3 is 6.03 Å². The molecule has 0 atom stereocenters. The molecule has 0 fully saturated rings. The van der Waals surface area contributed by atoms with Gasteiger partial charge in [0.15, 0.2) is 8.32 Å². The van der Waals surface area contributed by atoms with Gasteiger partial charge in [0.1, 0.15) is 34.4 Å². The van der Waals surface area contributed by atoms with Crippen molar-refractivity contribution in [3.05, 3.63) is 121 Å². The van der Waals surface area contributed by atoms with Crippen LogP contribution in [-0.4, -0.2) is 28.7 Å². The molecule has 0 aliphatic carbocycles. The van der Waals surface area contributed by atoms with Crippen LogP contribution in [0.25, 0.3) is 28.2 Å². The number of aromatic nitrogens is 3. The molecule has 9 nitrogen and oxygen atoms in total. The second-order valence-corrected chi connectivity index (χ2v) is 18.4. The predicted molar refractivity (Wildman–Crippen MR) is 201 cm³/mol. The van der Waals surface area contributed by atoms with Gasteiger partial charge in [-0.05, 0) is 79.7 Å². The van der Waals surface area contributed by atoms with Crippen molar-refractivity contribution in [2.24, 2.45) is 0 Å². The number of nitrogens with two attached hydrogens (primary N) is 1. The number of carbonyl (C=O) groups excluding carboxylic acids is 1. The number of fused-ring (bicyclic) bond motifs is 1. The van der Waals surface area contributed by atoms with Crippen LogP contribution < -0.4 is 21.1 Å². The van der Waals surface area contributed by atoms with Gasteiger partial charge in [0, 0.05) is 40.5 Å². The zero-order valence-corrected chi connectivity index (χ0v) is 29.7. The highest BCUT2D eigenvalue weighted by molar-refractivity contribution is 6.74. The van der Waals surface area contributed by atoms with Crippen LogP contribution in [0.15, 0.2) is 109 Å². The van der Waals surface area contributed by atoms with Gasteiger partial charge in [0.05, 0.1) is 6.61 Å². The van der Waals surface area contributed by atoms with E-state index in [4.69, 9.17) is 19.9 Å². The lowest BCUT2D eigenvalue weighted by atomic mass is 10.0. The number of anilines is 3. The first kappa shape index (κ1) is 33.4. The van der Waals surface area contributed by atoms with Gasteiger partial charge in [-0.15, -0.1) is 0 Å². The highest BCUT2D eigenvalue weighted by atomic mass is 28.4. The Morgan fingerprint density at radius 1 is 0.878 bits per heavy atom. The summed E-state index contributed by atoms with van der Waals surface area (Å²) < 4.78 is 14.7. The summed E-state index contributed by atoms with van der Waals surface area (Å²) in [6, 6.07) is 30.5. The maximum atomic E-state index is 13.3. The molecule has 2 heterocycles. The Balaban J connectivity index is 1.41. The van der Waals surface area contributed by atoms with E-state index < -0.39 is 8.32 Å². The minimum absolute atomic E-state index is 0.0119. The summed E-state index contributed by atoms with van der Waals surface area (Å²) >= 11 is 0. The summed E-state index contributed by atoms with van der Waals surface area (Å²) in [4.78, 5) is 22.9. The smallest absolute Gasteiger partial charge is 0.323 e. The van der Waals surface area contributed by atoms with Crippen LogP contribution in [0.5, 0.6) is 11.5 Å². The Bertz CT molecular complexity index is 2090. The predicted octanol–water partition coefficient (Wildman–Crippen LogP) is 9.91. The standard InChI is InChI=1S/C39H42N6O3Si/c1-26-15-19-28(20-16-26)42-38(46)43-33-14-10-13-31(32(33)25-47-49(5,6)39(2,3)4)37-44-34(35-36(40)41-23-24-45(35)37)27-17-21-30(22-18-27)48-29-11-8-7-9-12-29/h7-24H,25H2,1-6H3,(H2,40,41)(H2,42,43,46). The van der Waals surface area contributed by atoms with Crippen molar-refractivity contribution in [2.45, 2.75) is 52.4 Å². The van der Waals surface area contributed by atoms with E-state index in [1.807, 2.05) is 115 Å². The number of urea groups is 1. The summed E-state index contributed by atoms with van der Waals surface area (Å²) in [6.07, 6.45) is 3.52. The van der Waals surface area contributed by atoms with Crippen LogP contribution in [0.4, 0.5) is 22.0 Å². The number of benzene rings is 4. The molecular formula is C39H42N6O3Si. The number of nitrogens with one attached hydrogen (secondary N) is 2. The molecule has 0 bridgehead atoms. The number of aryl methyl sites for hydroxylation is 1. The maximum Gasteiger partial charge on any atom is 0.323 e. The fourth-order valence-corrected chi connectivity index (χ4v) is 6.16. The fraction of sp³-hybridized carbons (Fsp3) is 0.205. The molecule has 0 saturated heterocycles. The molecule has 4 aromatic carbocycles. The van der Waals surface area contributed by atoms with E-state index in [9.17, 15) is 4.79 Å². The molecule has 250 valence electrons. The number of amides is 2. The lowest BCUT2D eigenvalue weighted by Crippen LogP contribution is -2.40. The Morgan fingerprint density at radius 3 is 2.27 bits per heavy atom. The van der Waals surface area contributed by atoms with Gasteiger partial charge in [-0.3, -0.25) is 4.40 Å². The van der Waals surface area contributed by atoms with Crippen molar-refractivity contribution in [2.75, 3.05) is 16.4 Å². The molecule has 2 aromatic heterocycles. The molecule has 0 aliphatic rings. The lowest BCUT2D eigenvalue weighted by molar-refractivity contribution is 0.262. The van der Waals surface area contributed by atoms with E-state index in [2.05, 4.69) is 49.5 Å². The van der Waals surface area contributed by atoms with E-state index >= 15 is 0 Å². The van der Waals surface area contributed by atoms with Crippen LogP contribution in [0, 0.1) is 6.92 Å². The van der Waals surface area contributed by atoms with Crippen molar-refractivity contribution >= 4 is 37.1 Å². The van der Waals surface area contributed by atoms with E-state index in [-0.39, 0.29) is 17.7 Å². The molecular weight excluding hydrogens is 629 g/mol. The molecule has 0 aliphatic heterocycles. The summed E-state index contributed by atoms with van der Waals surface area (Å²) in [5, 5.41) is 6.01. The highest BCUT2D eigenvalue weighted by Gasteiger charge is 2.37. The summed E-state index contributed by atoms with van der Waals surface area (Å²) in [6.45, 7) is 13.3. The molecule has 6 rings (SSSR count). The molecule has 6 aromatic rings. The molecule has 0 spiro atoms. The zero-order chi connectivity index (χ0) is 34.8. The third-order valence-corrected chi connectivity index (χ3v) is 13.5. The number of nitrogens with zero attached hydrogens (tertiary/aromatic N) is 3. The SMILES string of the molecule is Cc1ccc(NC(=O)Nc2cccc(-c3nc(-c4ccc(Oc5ccccc5)cc4)c4c(N)nccn34)c2CO[Si](C)(C)C(C)(C)C)cc1. The maximum absolute atomic E-state index is 13.3. The molecule has 0 saturated carbocycles. The number of ether oxygens (including phenoxy) is 1. The topological polar surface area (TPSA) is 116 Å². The fourth-order valence-electron chi connectivity index (χ4n) is 5.22. The summed E-state index contributed by atoms with van der Waals surface area (Å²) in [7, 11) is -2.18. The molecule has 0 unspecified atom stereocenters. The number of hydrogen-bond donors (Lipinski definition) is 3. The normalized spacial score (nSPS) is 11.8. The third kappa shape index (κ3) is 7.35. The van der Waals surface area contributed by atoms with Crippen molar-refractivity contribution in [3.8, 4) is 34.1 Å². The number of rotatable bonds is 9. The number of nitrogen functional groups attached to an aromatic ring is 1. The quantitative estimate of drug-likeness (QED) is 0.132. The second kappa shape index (κ2) is 13.6. The molecule has 10 heteroatoms. The van der Waals surface area contributed by atoms with E-state index in [1.165, 1.54) is 0 Å². The second-order valence-electron chi connectivity index (χ2n) is 13.6. The Labute approximate surface area is 288 Å². The van der Waals surface area contributed by atoms with Gasteiger partial charge in [-0.1, -0.05) is 68.8 Å². The monoisotopic (exact) mass is 670 g/mol. The first-order valence-electron chi connectivity index (χ1n) is 16.3. The summed E-state index contributed by atoms with van der Waals surface area (Å²) in [5.41, 5.74) is 12.8. The minimum Gasteiger partial charge on any atom is -0.457 e. The molecule has 0 radical (unpaired) electrons. The minimum atomic E-state index is -2.18. The lowest BCUT2D eigenvalue weighted by Gasteiger charge is -2.36. The highest BCUT2D eigenvalue weighted by Crippen LogP contribution is 2.40. The van der Waals surface area contributed by atoms with Crippen molar-refractivity contribution < 1.29 is 14.0 Å². The van der Waals surface area contributed by atoms with Gasteiger partial charge in [0.25, 0.3) is 0 Å². The molecule has 4 N–H and O–H groups in total. The van der Waals surface area contributed by atoms with Gasteiger partial charge < -0.3 is 25.5 Å². The van der Waals surface area contributed by atoms with Crippen LogP contribution in [0.3, 0.4) is 0 Å². The van der Waals surface area contributed by atoms with Gasteiger partial charge in [0.2, 0.25) is 0 Å². The average molecular weight is 671 g/mol. The van der Waals surface area contributed by atoms with Crippen LogP contribution in [0.1, 0.15) is 31.9 Å². The molecule has 49 heavy (non-hydrogen) atoms. The first-order chi connectivity index (χ1) is 23.4. The number of para-hydroxylation sites is 1. The summed E-state index contributed by atoms with van der Waals surface area (Å²) in [5.74, 6) is 2.47. The van der Waals surface area contributed by atoms with Crippen molar-refractivity contribution in [1.29, 1.82) is 0 Å². The van der Waals surface area contributed by atoms with Crippen molar-refractivity contribution in [1.82, 2.24) is 14.4 Å². The first-order valence-corrected chi connectivity index (χ1v) is 19.2. The number of imidazole rings is 1. The largest absolute Gasteiger partial charge is 0.457 e. The number of carbonyl (C=O) groups is 1. The van der Waals surface area contributed by atoms with Gasteiger partial charge in [-0.25, -0.2) is 14.8 Å². The number of hydrogen-bond acceptors (Lipinski definition) is 6. The Kier molecular flexibility index (Phi) is 9.27. The molecule has 2 amide bonds. The van der Waals surface area contributed by atoms with Crippen molar-refractivity contribution in [3.63, 3.8) is 0 Å². The van der Waals surface area contributed by atoms with Gasteiger partial charge in [-0.2, -0.15) is 0 Å². The average Bonchev–Trinajstić information content (AvgIpc) is 3.46. The Morgan fingerprint density at radius 2 is 1.57 bits per heavy atom. The van der Waals surface area contributed by atoms with Crippen LogP contribution in [0.2, 0.25) is 18.1 Å².